The van der Waals surface area contributed by atoms with Crippen LogP contribution in [-0.4, -0.2) is 23.9 Å². The maximum atomic E-state index is 12.6. The van der Waals surface area contributed by atoms with E-state index in [9.17, 15) is 9.59 Å². The number of nitrogens with zero attached hydrogens (tertiary/aromatic N) is 1. The zero-order chi connectivity index (χ0) is 20.1. The van der Waals surface area contributed by atoms with Crippen molar-refractivity contribution in [2.24, 2.45) is 0 Å². The summed E-state index contributed by atoms with van der Waals surface area (Å²) in [4.78, 5) is 26.8. The third-order valence-corrected chi connectivity index (χ3v) is 5.84. The van der Waals surface area contributed by atoms with E-state index >= 15 is 0 Å². The molecule has 28 heavy (non-hydrogen) atoms. The molecule has 4 rings (SSSR count). The number of furan rings is 1. The summed E-state index contributed by atoms with van der Waals surface area (Å²) in [5, 5.41) is 1.94. The van der Waals surface area contributed by atoms with Gasteiger partial charge in [-0.3, -0.25) is 4.79 Å². The van der Waals surface area contributed by atoms with E-state index < -0.39 is 0 Å². The Hall–Kier alpha value is -2.56. The summed E-state index contributed by atoms with van der Waals surface area (Å²) in [6.45, 7) is 10.0. The van der Waals surface area contributed by atoms with Crippen molar-refractivity contribution in [1.29, 1.82) is 0 Å². The highest BCUT2D eigenvalue weighted by molar-refractivity contribution is 5.96. The molecule has 5 heteroatoms. The molecule has 1 amide bonds. The third kappa shape index (κ3) is 3.23. The highest BCUT2D eigenvalue weighted by Gasteiger charge is 2.22. The SMILES string of the molecule is Cc1c(CCC(=O)N2CCCC2)c(=O)oc2cc3occ(C(C)(C)C)c3cc12. The minimum absolute atomic E-state index is 0.0482. The predicted octanol–water partition coefficient (Wildman–Crippen LogP) is 4.70. The van der Waals surface area contributed by atoms with Crippen LogP contribution < -0.4 is 5.63 Å². The molecule has 0 saturated carbocycles. The molecule has 1 saturated heterocycles. The van der Waals surface area contributed by atoms with Gasteiger partial charge in [0.1, 0.15) is 11.2 Å². The number of benzene rings is 1. The zero-order valence-corrected chi connectivity index (χ0v) is 17.1. The van der Waals surface area contributed by atoms with Gasteiger partial charge in [-0.05, 0) is 43.2 Å². The van der Waals surface area contributed by atoms with Crippen molar-refractivity contribution >= 4 is 27.8 Å². The van der Waals surface area contributed by atoms with Crippen LogP contribution in [0.4, 0.5) is 0 Å². The van der Waals surface area contributed by atoms with Crippen LogP contribution in [0.3, 0.4) is 0 Å². The summed E-state index contributed by atoms with van der Waals surface area (Å²) in [5.74, 6) is 0.122. The Bertz CT molecular complexity index is 1110. The molecule has 3 aromatic rings. The predicted molar refractivity (Wildman–Crippen MR) is 110 cm³/mol. The molecular formula is C23H27NO4. The van der Waals surface area contributed by atoms with E-state index in [1.165, 1.54) is 0 Å². The number of likely N-dealkylation sites (tertiary alicyclic amines) is 1. The second-order valence-corrected chi connectivity index (χ2v) is 8.82. The van der Waals surface area contributed by atoms with Crippen LogP contribution >= 0.6 is 0 Å². The van der Waals surface area contributed by atoms with Gasteiger partial charge in [0.25, 0.3) is 0 Å². The summed E-state index contributed by atoms with van der Waals surface area (Å²) in [5.41, 5.74) is 3.45. The summed E-state index contributed by atoms with van der Waals surface area (Å²) in [7, 11) is 0. The summed E-state index contributed by atoms with van der Waals surface area (Å²) < 4.78 is 11.3. The first kappa shape index (κ1) is 18.8. The fraction of sp³-hybridized carbons (Fsp3) is 0.478. The van der Waals surface area contributed by atoms with Gasteiger partial charge in [-0.25, -0.2) is 4.79 Å². The maximum absolute atomic E-state index is 12.6. The Kier molecular flexibility index (Phi) is 4.56. The first-order valence-corrected chi connectivity index (χ1v) is 10.0. The molecule has 0 N–H and O–H groups in total. The average Bonchev–Trinajstić information content (AvgIpc) is 3.29. The van der Waals surface area contributed by atoms with E-state index in [2.05, 4.69) is 26.8 Å². The van der Waals surface area contributed by atoms with Gasteiger partial charge in [-0.15, -0.1) is 0 Å². The fourth-order valence-corrected chi connectivity index (χ4v) is 4.14. The molecule has 1 fully saturated rings. The van der Waals surface area contributed by atoms with Gasteiger partial charge in [-0.1, -0.05) is 20.8 Å². The first-order valence-electron chi connectivity index (χ1n) is 10.0. The van der Waals surface area contributed by atoms with Gasteiger partial charge in [0.05, 0.1) is 6.26 Å². The molecule has 0 atom stereocenters. The normalized spacial score (nSPS) is 15.1. The molecule has 0 bridgehead atoms. The van der Waals surface area contributed by atoms with E-state index in [-0.39, 0.29) is 16.9 Å². The molecule has 0 unspecified atom stereocenters. The quantitative estimate of drug-likeness (QED) is 0.617. The van der Waals surface area contributed by atoms with E-state index in [1.807, 2.05) is 11.8 Å². The highest BCUT2D eigenvalue weighted by atomic mass is 16.4. The molecule has 3 heterocycles. The van der Waals surface area contributed by atoms with Crippen LogP contribution in [0.25, 0.3) is 21.9 Å². The van der Waals surface area contributed by atoms with Crippen molar-refractivity contribution in [3.63, 3.8) is 0 Å². The molecular weight excluding hydrogens is 354 g/mol. The van der Waals surface area contributed by atoms with E-state index in [1.54, 1.807) is 12.3 Å². The molecule has 148 valence electrons. The molecule has 2 aromatic heterocycles. The van der Waals surface area contributed by atoms with Crippen LogP contribution in [0.1, 0.15) is 56.7 Å². The second-order valence-electron chi connectivity index (χ2n) is 8.82. The fourth-order valence-electron chi connectivity index (χ4n) is 4.14. The maximum Gasteiger partial charge on any atom is 0.339 e. The van der Waals surface area contributed by atoms with Gasteiger partial charge < -0.3 is 13.7 Å². The lowest BCUT2D eigenvalue weighted by atomic mass is 9.86. The first-order chi connectivity index (χ1) is 13.3. The number of carbonyl (C=O) groups is 1. The Morgan fingerprint density at radius 3 is 2.50 bits per heavy atom. The van der Waals surface area contributed by atoms with Crippen molar-refractivity contribution < 1.29 is 13.6 Å². The molecule has 5 nitrogen and oxygen atoms in total. The van der Waals surface area contributed by atoms with Gasteiger partial charge in [-0.2, -0.15) is 0 Å². The number of aryl methyl sites for hydroxylation is 1. The van der Waals surface area contributed by atoms with Crippen LogP contribution in [0, 0.1) is 6.92 Å². The summed E-state index contributed by atoms with van der Waals surface area (Å²) in [6.07, 6.45) is 4.68. The monoisotopic (exact) mass is 381 g/mol. The Balaban J connectivity index is 1.74. The molecule has 1 aromatic carbocycles. The Morgan fingerprint density at radius 1 is 1.11 bits per heavy atom. The van der Waals surface area contributed by atoms with Gasteiger partial charge >= 0.3 is 5.63 Å². The third-order valence-electron chi connectivity index (χ3n) is 5.84. The van der Waals surface area contributed by atoms with Crippen LogP contribution in [-0.2, 0) is 16.6 Å². The lowest BCUT2D eigenvalue weighted by molar-refractivity contribution is -0.130. The highest BCUT2D eigenvalue weighted by Crippen LogP contribution is 2.35. The van der Waals surface area contributed by atoms with Gasteiger partial charge in [0.15, 0.2) is 0 Å². The largest absolute Gasteiger partial charge is 0.464 e. The number of carbonyl (C=O) groups excluding carboxylic acids is 1. The summed E-state index contributed by atoms with van der Waals surface area (Å²) >= 11 is 0. The van der Waals surface area contributed by atoms with E-state index in [0.717, 1.165) is 53.4 Å². The summed E-state index contributed by atoms with van der Waals surface area (Å²) in [6, 6.07) is 3.85. The lowest BCUT2D eigenvalue weighted by Crippen LogP contribution is -2.28. The van der Waals surface area contributed by atoms with Gasteiger partial charge in [0, 0.05) is 47.5 Å². The smallest absolute Gasteiger partial charge is 0.339 e. The van der Waals surface area contributed by atoms with Crippen LogP contribution in [0.2, 0.25) is 0 Å². The van der Waals surface area contributed by atoms with E-state index in [4.69, 9.17) is 8.83 Å². The number of fused-ring (bicyclic) bond motifs is 2. The number of rotatable bonds is 3. The Labute approximate surface area is 164 Å². The van der Waals surface area contributed by atoms with Gasteiger partial charge in [0.2, 0.25) is 5.91 Å². The standard InChI is InChI=1S/C23H27NO4/c1-14-15(7-8-21(25)24-9-5-6-10-24)22(26)28-20-12-19-17(11-16(14)20)18(13-27-19)23(2,3)4/h11-13H,5-10H2,1-4H3. The van der Waals surface area contributed by atoms with Crippen molar-refractivity contribution in [1.82, 2.24) is 4.90 Å². The van der Waals surface area contributed by atoms with Crippen LogP contribution in [0.5, 0.6) is 0 Å². The minimum atomic E-state index is -0.360. The number of amides is 1. The van der Waals surface area contributed by atoms with Crippen molar-refractivity contribution in [2.75, 3.05) is 13.1 Å². The van der Waals surface area contributed by atoms with Crippen LogP contribution in [0.15, 0.2) is 32.0 Å². The van der Waals surface area contributed by atoms with Crippen molar-refractivity contribution in [3.8, 4) is 0 Å². The minimum Gasteiger partial charge on any atom is -0.464 e. The second kappa shape index (κ2) is 6.80. The number of hydrogen-bond acceptors (Lipinski definition) is 4. The lowest BCUT2D eigenvalue weighted by Gasteiger charge is -2.17. The molecule has 0 radical (unpaired) electrons. The zero-order valence-electron chi connectivity index (χ0n) is 17.1. The molecule has 1 aliphatic heterocycles. The van der Waals surface area contributed by atoms with E-state index in [0.29, 0.717) is 24.0 Å². The average molecular weight is 381 g/mol. The molecule has 0 spiro atoms. The molecule has 0 aliphatic carbocycles. The van der Waals surface area contributed by atoms with Crippen molar-refractivity contribution in [2.45, 2.75) is 58.8 Å². The number of hydrogen-bond donors (Lipinski definition) is 0. The topological polar surface area (TPSA) is 63.7 Å². The van der Waals surface area contributed by atoms with Crippen molar-refractivity contribution in [3.05, 3.63) is 45.5 Å². The molecule has 1 aliphatic rings. The Morgan fingerprint density at radius 2 is 1.82 bits per heavy atom.